The number of amides is 2. The predicted octanol–water partition coefficient (Wildman–Crippen LogP) is 2.55. The number of benzene rings is 1. The molecule has 3 atom stereocenters. The highest BCUT2D eigenvalue weighted by atomic mass is 19.2. The van der Waals surface area contributed by atoms with Crippen molar-refractivity contribution in [2.24, 2.45) is 5.92 Å². The van der Waals surface area contributed by atoms with Gasteiger partial charge in [0.15, 0.2) is 11.6 Å². The fourth-order valence-electron chi connectivity index (χ4n) is 3.32. The van der Waals surface area contributed by atoms with Gasteiger partial charge < -0.3 is 15.0 Å². The molecule has 1 heterocycles. The Morgan fingerprint density at radius 3 is 2.71 bits per heavy atom. The molecule has 2 amide bonds. The summed E-state index contributed by atoms with van der Waals surface area (Å²) in [6.45, 7) is 3.63. The summed E-state index contributed by atoms with van der Waals surface area (Å²) in [6, 6.07) is 2.59. The minimum absolute atomic E-state index is 0.0212. The highest BCUT2D eigenvalue weighted by Gasteiger charge is 2.34. The maximum absolute atomic E-state index is 14.0. The second-order valence-electron chi connectivity index (χ2n) is 7.09. The van der Waals surface area contributed by atoms with Crippen molar-refractivity contribution in [2.75, 3.05) is 7.11 Å². The second-order valence-corrected chi connectivity index (χ2v) is 7.09. The van der Waals surface area contributed by atoms with Crippen molar-refractivity contribution < 1.29 is 27.9 Å². The van der Waals surface area contributed by atoms with Crippen molar-refractivity contribution in [3.05, 3.63) is 35.4 Å². The van der Waals surface area contributed by atoms with E-state index in [0.29, 0.717) is 12.8 Å². The quantitative estimate of drug-likeness (QED) is 0.686. The van der Waals surface area contributed by atoms with Crippen LogP contribution in [0, 0.1) is 17.6 Å². The summed E-state index contributed by atoms with van der Waals surface area (Å²) >= 11 is 0. The summed E-state index contributed by atoms with van der Waals surface area (Å²) in [5.74, 6) is -3.21. The number of carbonyl (C=O) groups is 3. The monoisotopic (exact) mass is 396 g/mol. The van der Waals surface area contributed by atoms with Gasteiger partial charge in [0.05, 0.1) is 7.11 Å². The van der Waals surface area contributed by atoms with E-state index in [-0.39, 0.29) is 42.7 Å². The lowest BCUT2D eigenvalue weighted by Gasteiger charge is -2.26. The topological polar surface area (TPSA) is 75.7 Å². The Bertz CT molecular complexity index is 741. The van der Waals surface area contributed by atoms with Gasteiger partial charge in [0, 0.05) is 31.0 Å². The summed E-state index contributed by atoms with van der Waals surface area (Å²) in [7, 11) is 1.26. The van der Waals surface area contributed by atoms with Crippen LogP contribution in [0.5, 0.6) is 0 Å². The van der Waals surface area contributed by atoms with Crippen LogP contribution in [0.15, 0.2) is 18.2 Å². The van der Waals surface area contributed by atoms with Crippen LogP contribution in [-0.4, -0.2) is 41.9 Å². The van der Waals surface area contributed by atoms with Gasteiger partial charge in [-0.1, -0.05) is 32.4 Å². The number of ether oxygens (including phenoxy) is 1. The van der Waals surface area contributed by atoms with Gasteiger partial charge in [0.1, 0.15) is 6.04 Å². The molecule has 1 aliphatic rings. The molecule has 8 heteroatoms. The molecule has 1 fully saturated rings. The van der Waals surface area contributed by atoms with Crippen LogP contribution in [0.2, 0.25) is 0 Å². The Kier molecular flexibility index (Phi) is 7.48. The van der Waals surface area contributed by atoms with Crippen LogP contribution in [0.1, 0.15) is 45.1 Å². The molecule has 1 unspecified atom stereocenters. The van der Waals surface area contributed by atoms with Gasteiger partial charge in [-0.25, -0.2) is 13.6 Å². The van der Waals surface area contributed by atoms with Gasteiger partial charge in [-0.05, 0) is 18.4 Å². The van der Waals surface area contributed by atoms with Crippen molar-refractivity contribution in [3.8, 4) is 0 Å². The van der Waals surface area contributed by atoms with E-state index in [1.165, 1.54) is 24.1 Å². The molecule has 28 heavy (non-hydrogen) atoms. The van der Waals surface area contributed by atoms with E-state index in [2.05, 4.69) is 5.32 Å². The summed E-state index contributed by atoms with van der Waals surface area (Å²) in [5, 5.41) is 2.68. The van der Waals surface area contributed by atoms with Gasteiger partial charge in [-0.3, -0.25) is 9.59 Å². The summed E-state index contributed by atoms with van der Waals surface area (Å²) < 4.78 is 32.1. The third-order valence-electron chi connectivity index (χ3n) is 5.23. The summed E-state index contributed by atoms with van der Waals surface area (Å²) in [5.41, 5.74) is 0.0627. The molecular formula is C20H26F2N2O4. The number of nitrogens with zero attached hydrogens (tertiary/aromatic N) is 1. The number of rotatable bonds is 8. The van der Waals surface area contributed by atoms with Crippen LogP contribution in [-0.2, 0) is 25.7 Å². The highest BCUT2D eigenvalue weighted by molar-refractivity contribution is 5.86. The lowest BCUT2D eigenvalue weighted by atomic mass is 9.98. The fraction of sp³-hybridized carbons (Fsp3) is 0.550. The van der Waals surface area contributed by atoms with Crippen LogP contribution in [0.4, 0.5) is 8.78 Å². The molecule has 0 bridgehead atoms. The normalized spacial score (nSPS) is 18.7. The molecule has 2 rings (SSSR count). The highest BCUT2D eigenvalue weighted by Crippen LogP contribution is 2.25. The zero-order valence-electron chi connectivity index (χ0n) is 16.3. The van der Waals surface area contributed by atoms with Gasteiger partial charge in [0.25, 0.3) is 0 Å². The van der Waals surface area contributed by atoms with E-state index in [4.69, 9.17) is 4.74 Å². The zero-order chi connectivity index (χ0) is 20.8. The first-order valence-corrected chi connectivity index (χ1v) is 9.38. The molecule has 6 nitrogen and oxygen atoms in total. The smallest absolute Gasteiger partial charge is 0.328 e. The molecule has 1 aliphatic heterocycles. The minimum atomic E-state index is -0.993. The third-order valence-corrected chi connectivity index (χ3v) is 5.23. The number of hydrogen-bond acceptors (Lipinski definition) is 4. The Hall–Kier alpha value is -2.51. The summed E-state index contributed by atoms with van der Waals surface area (Å²) in [6.07, 6.45) is 1.33. The number of nitrogens with one attached hydrogen (secondary N) is 1. The lowest BCUT2D eigenvalue weighted by Crippen LogP contribution is -2.47. The maximum Gasteiger partial charge on any atom is 0.328 e. The van der Waals surface area contributed by atoms with Crippen LogP contribution in [0.3, 0.4) is 0 Å². The van der Waals surface area contributed by atoms with Crippen molar-refractivity contribution in [3.63, 3.8) is 0 Å². The fourth-order valence-corrected chi connectivity index (χ4v) is 3.32. The Morgan fingerprint density at radius 2 is 2.07 bits per heavy atom. The Labute approximate surface area is 163 Å². The van der Waals surface area contributed by atoms with Crippen LogP contribution >= 0.6 is 0 Å². The summed E-state index contributed by atoms with van der Waals surface area (Å²) in [4.78, 5) is 38.0. The van der Waals surface area contributed by atoms with E-state index in [1.807, 2.05) is 13.8 Å². The molecule has 0 aliphatic carbocycles. The molecule has 154 valence electrons. The Balaban J connectivity index is 2.06. The number of hydrogen-bond donors (Lipinski definition) is 1. The molecule has 0 aromatic heterocycles. The van der Waals surface area contributed by atoms with Crippen LogP contribution < -0.4 is 5.32 Å². The number of likely N-dealkylation sites (tertiary alicyclic amines) is 1. The number of methoxy groups -OCH3 is 1. The molecule has 1 N–H and O–H groups in total. The zero-order valence-corrected chi connectivity index (χ0v) is 16.3. The molecule has 1 saturated heterocycles. The second kappa shape index (κ2) is 9.61. The van der Waals surface area contributed by atoms with Crippen molar-refractivity contribution in [2.45, 2.75) is 58.2 Å². The first-order chi connectivity index (χ1) is 13.3. The minimum Gasteiger partial charge on any atom is -0.467 e. The molecule has 0 radical (unpaired) electrons. The van der Waals surface area contributed by atoms with E-state index < -0.39 is 29.7 Å². The van der Waals surface area contributed by atoms with Crippen molar-refractivity contribution >= 4 is 17.8 Å². The van der Waals surface area contributed by atoms with E-state index in [1.54, 1.807) is 0 Å². The van der Waals surface area contributed by atoms with E-state index >= 15 is 0 Å². The average Bonchev–Trinajstić information content (AvgIpc) is 3.01. The molecule has 0 spiro atoms. The molecule has 1 aromatic rings. The average molecular weight is 396 g/mol. The number of halogens is 2. The largest absolute Gasteiger partial charge is 0.467 e. The van der Waals surface area contributed by atoms with Gasteiger partial charge >= 0.3 is 5.97 Å². The third kappa shape index (κ3) is 5.05. The Morgan fingerprint density at radius 1 is 1.36 bits per heavy atom. The first-order valence-electron chi connectivity index (χ1n) is 9.38. The van der Waals surface area contributed by atoms with Gasteiger partial charge in [0.2, 0.25) is 11.8 Å². The van der Waals surface area contributed by atoms with E-state index in [9.17, 15) is 23.2 Å². The molecule has 1 aromatic carbocycles. The number of carbonyl (C=O) groups excluding carboxylic acids is 3. The van der Waals surface area contributed by atoms with E-state index in [0.717, 1.165) is 6.07 Å². The van der Waals surface area contributed by atoms with Crippen LogP contribution in [0.25, 0.3) is 0 Å². The predicted molar refractivity (Wildman–Crippen MR) is 97.9 cm³/mol. The van der Waals surface area contributed by atoms with Crippen molar-refractivity contribution in [1.82, 2.24) is 10.2 Å². The SMILES string of the molecule is CC[C@H](C)C(NC(=O)C[C@@H]1CCC(=O)N1Cc1cccc(F)c1F)C(=O)OC. The maximum atomic E-state index is 14.0. The van der Waals surface area contributed by atoms with Gasteiger partial charge in [-0.15, -0.1) is 0 Å². The standard InChI is InChI=1S/C20H26F2N2O4/c1-4-12(2)19(20(27)28-3)23-16(25)10-14-8-9-17(26)24(14)11-13-6-5-7-15(21)18(13)22/h5-7,12,14,19H,4,8-11H2,1-3H3,(H,23,25)/t12-,14-,19?/m0/s1. The van der Waals surface area contributed by atoms with Gasteiger partial charge in [-0.2, -0.15) is 0 Å². The molecular weight excluding hydrogens is 370 g/mol. The lowest BCUT2D eigenvalue weighted by molar-refractivity contribution is -0.147. The first kappa shape index (κ1) is 21.8. The molecule has 0 saturated carbocycles. The number of esters is 1. The van der Waals surface area contributed by atoms with Crippen molar-refractivity contribution in [1.29, 1.82) is 0 Å².